The molecule has 0 saturated carbocycles. The molecule has 4 nitrogen and oxygen atoms in total. The summed E-state index contributed by atoms with van der Waals surface area (Å²) in [6.45, 7) is 2.18. The molecule has 1 amide bonds. The quantitative estimate of drug-likeness (QED) is 0.208. The molecule has 2 unspecified atom stereocenters. The Morgan fingerprint density at radius 2 is 1.58 bits per heavy atom. The third-order valence-electron chi connectivity index (χ3n) is 6.77. The molecule has 0 fully saturated rings. The van der Waals surface area contributed by atoms with Crippen molar-refractivity contribution < 1.29 is 19.1 Å². The van der Waals surface area contributed by atoms with Crippen LogP contribution in [0.1, 0.15) is 65.1 Å². The van der Waals surface area contributed by atoms with Gasteiger partial charge in [-0.2, -0.15) is 0 Å². The van der Waals surface area contributed by atoms with Crippen LogP contribution in [0.2, 0.25) is 10.0 Å². The number of carbonyl (C=O) groups excluding carboxylic acids is 1. The van der Waals surface area contributed by atoms with Gasteiger partial charge in [-0.05, 0) is 64.7 Å². The van der Waals surface area contributed by atoms with Gasteiger partial charge in [0.1, 0.15) is 5.82 Å². The Hall–Kier alpha value is -3.41. The highest BCUT2D eigenvalue weighted by molar-refractivity contribution is 6.42. The highest BCUT2D eigenvalue weighted by atomic mass is 35.5. The average molecular weight is 552 g/mol. The van der Waals surface area contributed by atoms with Crippen LogP contribution in [0.5, 0.6) is 0 Å². The molecule has 0 heterocycles. The summed E-state index contributed by atoms with van der Waals surface area (Å²) >= 11 is 12.7. The van der Waals surface area contributed by atoms with Crippen molar-refractivity contribution >= 4 is 45.9 Å². The Balaban J connectivity index is 1.79. The van der Waals surface area contributed by atoms with Gasteiger partial charge in [-0.3, -0.25) is 9.59 Å². The van der Waals surface area contributed by atoms with E-state index in [1.54, 1.807) is 24.3 Å². The summed E-state index contributed by atoms with van der Waals surface area (Å²) < 4.78 is 14.8. The molecule has 2 N–H and O–H groups in total. The molecule has 0 aliphatic carbocycles. The molecule has 0 spiro atoms. The van der Waals surface area contributed by atoms with Crippen LogP contribution in [0, 0.1) is 5.82 Å². The Morgan fingerprint density at radius 3 is 2.24 bits per heavy atom. The van der Waals surface area contributed by atoms with E-state index in [9.17, 15) is 14.0 Å². The van der Waals surface area contributed by atoms with Gasteiger partial charge < -0.3 is 10.4 Å². The van der Waals surface area contributed by atoms with Gasteiger partial charge in [-0.15, -0.1) is 0 Å². The first-order valence-electron chi connectivity index (χ1n) is 12.5. The van der Waals surface area contributed by atoms with Gasteiger partial charge in [0.2, 0.25) is 0 Å². The normalized spacial score (nSPS) is 12.7. The molecule has 0 bridgehead atoms. The summed E-state index contributed by atoms with van der Waals surface area (Å²) in [7, 11) is 0. The van der Waals surface area contributed by atoms with Gasteiger partial charge in [0, 0.05) is 23.4 Å². The number of carboxylic acids is 1. The lowest BCUT2D eigenvalue weighted by molar-refractivity contribution is -0.136. The average Bonchev–Trinajstić information content (AvgIpc) is 2.91. The predicted molar refractivity (Wildman–Crippen MR) is 151 cm³/mol. The predicted octanol–water partition coefficient (Wildman–Crippen LogP) is 8.21. The molecular weight excluding hydrogens is 524 g/mol. The molecule has 0 radical (unpaired) electrons. The second kappa shape index (κ2) is 12.4. The van der Waals surface area contributed by atoms with E-state index >= 15 is 0 Å². The van der Waals surface area contributed by atoms with E-state index in [-0.39, 0.29) is 36.5 Å². The number of amides is 1. The summed E-state index contributed by atoms with van der Waals surface area (Å²) in [6.07, 6.45) is 1.60. The smallest absolute Gasteiger partial charge is 0.305 e. The summed E-state index contributed by atoms with van der Waals surface area (Å²) in [4.78, 5) is 23.2. The fourth-order valence-electron chi connectivity index (χ4n) is 4.99. The van der Waals surface area contributed by atoms with Crippen molar-refractivity contribution in [2.24, 2.45) is 0 Å². The zero-order valence-electron chi connectivity index (χ0n) is 20.9. The maximum absolute atomic E-state index is 14.8. The highest BCUT2D eigenvalue weighted by Gasteiger charge is 2.28. The molecule has 38 heavy (non-hydrogen) atoms. The van der Waals surface area contributed by atoms with E-state index in [0.717, 1.165) is 34.9 Å². The van der Waals surface area contributed by atoms with Gasteiger partial charge in [0.15, 0.2) is 0 Å². The first-order valence-corrected chi connectivity index (χ1v) is 13.3. The number of benzene rings is 4. The topological polar surface area (TPSA) is 66.4 Å². The van der Waals surface area contributed by atoms with Crippen molar-refractivity contribution in [3.63, 3.8) is 0 Å². The van der Waals surface area contributed by atoms with Crippen LogP contribution in [-0.4, -0.2) is 23.5 Å². The van der Waals surface area contributed by atoms with Crippen molar-refractivity contribution in [1.82, 2.24) is 5.32 Å². The minimum absolute atomic E-state index is 0.00442. The maximum Gasteiger partial charge on any atom is 0.305 e. The summed E-state index contributed by atoms with van der Waals surface area (Å²) in [5.41, 5.74) is 3.42. The first kappa shape index (κ1) is 27.6. The number of carboxylic acid groups (broad SMARTS) is 1. The minimum Gasteiger partial charge on any atom is -0.481 e. The van der Waals surface area contributed by atoms with E-state index in [1.165, 1.54) is 6.07 Å². The zero-order valence-corrected chi connectivity index (χ0v) is 22.4. The maximum atomic E-state index is 14.8. The third-order valence-corrected chi connectivity index (χ3v) is 7.51. The van der Waals surface area contributed by atoms with Crippen molar-refractivity contribution in [2.75, 3.05) is 6.54 Å². The number of carbonyl (C=O) groups is 2. The van der Waals surface area contributed by atoms with Gasteiger partial charge in [0.05, 0.1) is 16.5 Å². The highest BCUT2D eigenvalue weighted by Crippen LogP contribution is 2.45. The fourth-order valence-corrected chi connectivity index (χ4v) is 5.30. The molecule has 196 valence electrons. The zero-order chi connectivity index (χ0) is 27.2. The number of hydrogen-bond acceptors (Lipinski definition) is 2. The van der Waals surface area contributed by atoms with Gasteiger partial charge >= 0.3 is 5.97 Å². The van der Waals surface area contributed by atoms with E-state index in [1.807, 2.05) is 48.5 Å². The van der Waals surface area contributed by atoms with Crippen LogP contribution in [0.4, 0.5) is 4.39 Å². The van der Waals surface area contributed by atoms with Gasteiger partial charge in [0.25, 0.3) is 5.91 Å². The van der Waals surface area contributed by atoms with Crippen LogP contribution >= 0.6 is 23.2 Å². The Labute approximate surface area is 231 Å². The van der Waals surface area contributed by atoms with Crippen LogP contribution in [-0.2, 0) is 4.79 Å². The molecule has 4 aromatic rings. The summed E-state index contributed by atoms with van der Waals surface area (Å²) in [6, 6.07) is 23.8. The number of fused-ring (bicyclic) bond motifs is 1. The van der Waals surface area contributed by atoms with E-state index in [2.05, 4.69) is 12.2 Å². The SMILES string of the molecule is CCCC(c1ccc(C(=O)NCCC(=O)O)cc1)C(c1ccc(Cl)c(Cl)c1)c1ccc(F)c2ccccc12. The lowest BCUT2D eigenvalue weighted by Crippen LogP contribution is -2.26. The monoisotopic (exact) mass is 551 g/mol. The van der Waals surface area contributed by atoms with Crippen molar-refractivity contribution in [1.29, 1.82) is 0 Å². The van der Waals surface area contributed by atoms with Crippen LogP contribution in [0.25, 0.3) is 10.8 Å². The molecular formula is C31H28Cl2FNO3. The lowest BCUT2D eigenvalue weighted by Gasteiger charge is -2.30. The number of halogens is 3. The molecule has 2 atom stereocenters. The van der Waals surface area contributed by atoms with Crippen LogP contribution in [0.3, 0.4) is 0 Å². The van der Waals surface area contributed by atoms with Crippen molar-refractivity contribution in [2.45, 2.75) is 38.0 Å². The minimum atomic E-state index is -0.968. The Kier molecular flexibility index (Phi) is 9.03. The second-order valence-corrected chi connectivity index (χ2v) is 10.1. The molecule has 0 aromatic heterocycles. The molecule has 4 aromatic carbocycles. The molecule has 7 heteroatoms. The Bertz CT molecular complexity index is 1460. The molecule has 0 saturated heterocycles. The number of hydrogen-bond donors (Lipinski definition) is 2. The summed E-state index contributed by atoms with van der Waals surface area (Å²) in [5.74, 6) is -1.73. The number of nitrogens with one attached hydrogen (secondary N) is 1. The summed E-state index contributed by atoms with van der Waals surface area (Å²) in [5, 5.41) is 13.7. The lowest BCUT2D eigenvalue weighted by atomic mass is 9.74. The second-order valence-electron chi connectivity index (χ2n) is 9.25. The van der Waals surface area contributed by atoms with Gasteiger partial charge in [-0.25, -0.2) is 4.39 Å². The molecule has 0 aliphatic rings. The van der Waals surface area contributed by atoms with E-state index < -0.39 is 5.97 Å². The molecule has 0 aliphatic heterocycles. The van der Waals surface area contributed by atoms with Crippen LogP contribution in [0.15, 0.2) is 78.9 Å². The third kappa shape index (κ3) is 6.17. The number of aliphatic carboxylic acids is 1. The largest absolute Gasteiger partial charge is 0.481 e. The van der Waals surface area contributed by atoms with Crippen molar-refractivity contribution in [3.8, 4) is 0 Å². The number of rotatable bonds is 10. The van der Waals surface area contributed by atoms with E-state index in [0.29, 0.717) is 21.0 Å². The van der Waals surface area contributed by atoms with Crippen LogP contribution < -0.4 is 5.32 Å². The standard InChI is InChI=1S/C31H28Cl2FNO3/c1-2-5-22(19-8-10-20(11-9-19)31(38)35-17-16-29(36)37)30(21-12-14-26(32)27(33)18-21)25-13-15-28(34)24-7-4-3-6-23(24)25/h3-4,6-15,18,22,30H,2,5,16-17H2,1H3,(H,35,38)(H,36,37). The first-order chi connectivity index (χ1) is 18.3. The molecule has 4 rings (SSSR count). The Morgan fingerprint density at radius 1 is 0.895 bits per heavy atom. The van der Waals surface area contributed by atoms with Crippen molar-refractivity contribution in [3.05, 3.63) is 117 Å². The van der Waals surface area contributed by atoms with E-state index in [4.69, 9.17) is 28.3 Å². The van der Waals surface area contributed by atoms with Gasteiger partial charge in [-0.1, -0.05) is 85.1 Å². The fraction of sp³-hybridized carbons (Fsp3) is 0.226.